The Morgan fingerprint density at radius 1 is 1.35 bits per heavy atom. The highest BCUT2D eigenvalue weighted by molar-refractivity contribution is 5.31. The number of hydrogen-bond acceptors (Lipinski definition) is 3. The van der Waals surface area contributed by atoms with E-state index in [0.717, 1.165) is 38.5 Å². The van der Waals surface area contributed by atoms with Crippen molar-refractivity contribution >= 4 is 0 Å². The molecule has 0 saturated carbocycles. The Bertz CT molecular complexity index is 350. The summed E-state index contributed by atoms with van der Waals surface area (Å²) in [7, 11) is 0. The van der Waals surface area contributed by atoms with Crippen molar-refractivity contribution in [1.29, 1.82) is 0 Å². The van der Waals surface area contributed by atoms with Gasteiger partial charge in [-0.25, -0.2) is 0 Å². The molecule has 0 radical (unpaired) electrons. The zero-order chi connectivity index (χ0) is 12.1. The second-order valence-corrected chi connectivity index (χ2v) is 4.55. The molecule has 1 heterocycles. The SMILES string of the molecule is CCN(CCOc1ccccc1C)C1CNC1. The number of nitrogens with zero attached hydrogens (tertiary/aromatic N) is 1. The van der Waals surface area contributed by atoms with E-state index < -0.39 is 0 Å². The van der Waals surface area contributed by atoms with Crippen LogP contribution in [0.15, 0.2) is 24.3 Å². The van der Waals surface area contributed by atoms with Gasteiger partial charge in [0.1, 0.15) is 12.4 Å². The average Bonchev–Trinajstić information content (AvgIpc) is 2.27. The third kappa shape index (κ3) is 3.20. The minimum atomic E-state index is 0.709. The number of hydrogen-bond donors (Lipinski definition) is 1. The van der Waals surface area contributed by atoms with Gasteiger partial charge in [0, 0.05) is 25.7 Å². The fraction of sp³-hybridized carbons (Fsp3) is 0.571. The summed E-state index contributed by atoms with van der Waals surface area (Å²) >= 11 is 0. The molecule has 1 N–H and O–H groups in total. The average molecular weight is 234 g/mol. The number of benzene rings is 1. The molecule has 0 amide bonds. The minimum Gasteiger partial charge on any atom is -0.492 e. The Labute approximate surface area is 104 Å². The number of likely N-dealkylation sites (N-methyl/N-ethyl adjacent to an activating group) is 1. The van der Waals surface area contributed by atoms with Crippen molar-refractivity contribution in [2.45, 2.75) is 19.9 Å². The number of rotatable bonds is 6. The van der Waals surface area contributed by atoms with Crippen LogP contribution in [0.25, 0.3) is 0 Å². The van der Waals surface area contributed by atoms with Gasteiger partial charge in [0.15, 0.2) is 0 Å². The van der Waals surface area contributed by atoms with Gasteiger partial charge in [-0.3, -0.25) is 4.90 Å². The molecule has 0 spiro atoms. The molecule has 0 unspecified atom stereocenters. The summed E-state index contributed by atoms with van der Waals surface area (Å²) < 4.78 is 5.83. The van der Waals surface area contributed by atoms with Crippen LogP contribution >= 0.6 is 0 Å². The Hall–Kier alpha value is -1.06. The minimum absolute atomic E-state index is 0.709. The molecule has 0 aromatic heterocycles. The zero-order valence-corrected chi connectivity index (χ0v) is 10.8. The molecule has 1 fully saturated rings. The number of nitrogens with one attached hydrogen (secondary N) is 1. The monoisotopic (exact) mass is 234 g/mol. The maximum Gasteiger partial charge on any atom is 0.122 e. The van der Waals surface area contributed by atoms with E-state index in [-0.39, 0.29) is 0 Å². The van der Waals surface area contributed by atoms with E-state index in [9.17, 15) is 0 Å². The lowest BCUT2D eigenvalue weighted by Crippen LogP contribution is -2.57. The second-order valence-electron chi connectivity index (χ2n) is 4.55. The van der Waals surface area contributed by atoms with E-state index >= 15 is 0 Å². The third-order valence-corrected chi connectivity index (χ3v) is 3.41. The first-order chi connectivity index (χ1) is 8.31. The van der Waals surface area contributed by atoms with Crippen LogP contribution in [0.2, 0.25) is 0 Å². The van der Waals surface area contributed by atoms with Crippen molar-refractivity contribution in [3.05, 3.63) is 29.8 Å². The lowest BCUT2D eigenvalue weighted by Gasteiger charge is -2.37. The molecule has 17 heavy (non-hydrogen) atoms. The molecule has 1 aromatic carbocycles. The van der Waals surface area contributed by atoms with Gasteiger partial charge >= 0.3 is 0 Å². The van der Waals surface area contributed by atoms with Gasteiger partial charge in [-0.15, -0.1) is 0 Å². The summed E-state index contributed by atoms with van der Waals surface area (Å²) in [5.74, 6) is 1.01. The molecule has 1 saturated heterocycles. The summed E-state index contributed by atoms with van der Waals surface area (Å²) in [6.45, 7) is 9.43. The van der Waals surface area contributed by atoms with E-state index in [0.29, 0.717) is 6.04 Å². The van der Waals surface area contributed by atoms with E-state index in [2.05, 4.69) is 30.1 Å². The van der Waals surface area contributed by atoms with E-state index in [1.807, 2.05) is 18.2 Å². The molecule has 1 aromatic rings. The van der Waals surface area contributed by atoms with Crippen molar-refractivity contribution in [2.24, 2.45) is 0 Å². The van der Waals surface area contributed by atoms with Crippen LogP contribution in [-0.2, 0) is 0 Å². The molecular weight excluding hydrogens is 212 g/mol. The second kappa shape index (κ2) is 6.03. The fourth-order valence-corrected chi connectivity index (χ4v) is 2.12. The smallest absolute Gasteiger partial charge is 0.122 e. The highest BCUT2D eigenvalue weighted by atomic mass is 16.5. The Balaban J connectivity index is 1.76. The van der Waals surface area contributed by atoms with Crippen molar-refractivity contribution in [3.63, 3.8) is 0 Å². The van der Waals surface area contributed by atoms with Gasteiger partial charge in [0.05, 0.1) is 0 Å². The molecule has 0 aliphatic carbocycles. The van der Waals surface area contributed by atoms with Crippen LogP contribution in [0.1, 0.15) is 12.5 Å². The summed E-state index contributed by atoms with van der Waals surface area (Å²) in [4.78, 5) is 2.48. The predicted octanol–water partition coefficient (Wildman–Crippen LogP) is 1.67. The Kier molecular flexibility index (Phi) is 4.40. The predicted molar refractivity (Wildman–Crippen MR) is 70.6 cm³/mol. The van der Waals surface area contributed by atoms with Gasteiger partial charge in [-0.1, -0.05) is 25.1 Å². The molecule has 94 valence electrons. The Morgan fingerprint density at radius 2 is 2.12 bits per heavy atom. The molecule has 2 rings (SSSR count). The quantitative estimate of drug-likeness (QED) is 0.810. The van der Waals surface area contributed by atoms with E-state index in [1.165, 1.54) is 5.56 Å². The highest BCUT2D eigenvalue weighted by Crippen LogP contribution is 2.16. The summed E-state index contributed by atoms with van der Waals surface area (Å²) in [6.07, 6.45) is 0. The number of para-hydroxylation sites is 1. The molecule has 0 bridgehead atoms. The van der Waals surface area contributed by atoms with Crippen LogP contribution in [0.3, 0.4) is 0 Å². The van der Waals surface area contributed by atoms with Gasteiger partial charge < -0.3 is 10.1 Å². The molecule has 1 aliphatic rings. The lowest BCUT2D eigenvalue weighted by molar-refractivity contribution is 0.128. The fourth-order valence-electron chi connectivity index (χ4n) is 2.12. The molecular formula is C14H22N2O. The first kappa shape index (κ1) is 12.4. The van der Waals surface area contributed by atoms with Crippen molar-refractivity contribution in [3.8, 4) is 5.75 Å². The van der Waals surface area contributed by atoms with Gasteiger partial charge in [0.25, 0.3) is 0 Å². The lowest BCUT2D eigenvalue weighted by atomic mass is 10.1. The topological polar surface area (TPSA) is 24.5 Å². The summed E-state index contributed by atoms with van der Waals surface area (Å²) in [5, 5.41) is 3.31. The van der Waals surface area contributed by atoms with Gasteiger partial charge in [-0.05, 0) is 25.1 Å². The normalized spacial score (nSPS) is 15.9. The Morgan fingerprint density at radius 3 is 2.71 bits per heavy atom. The molecule has 3 heteroatoms. The van der Waals surface area contributed by atoms with Crippen LogP contribution < -0.4 is 10.1 Å². The summed E-state index contributed by atoms with van der Waals surface area (Å²) in [6, 6.07) is 8.90. The van der Waals surface area contributed by atoms with E-state index in [4.69, 9.17) is 4.74 Å². The van der Waals surface area contributed by atoms with Crippen molar-refractivity contribution in [2.75, 3.05) is 32.8 Å². The molecule has 0 atom stereocenters. The van der Waals surface area contributed by atoms with E-state index in [1.54, 1.807) is 0 Å². The van der Waals surface area contributed by atoms with Gasteiger partial charge in [0.2, 0.25) is 0 Å². The zero-order valence-electron chi connectivity index (χ0n) is 10.8. The highest BCUT2D eigenvalue weighted by Gasteiger charge is 2.22. The van der Waals surface area contributed by atoms with Gasteiger partial charge in [-0.2, -0.15) is 0 Å². The van der Waals surface area contributed by atoms with Crippen molar-refractivity contribution < 1.29 is 4.74 Å². The third-order valence-electron chi connectivity index (χ3n) is 3.41. The van der Waals surface area contributed by atoms with Crippen LogP contribution in [0.4, 0.5) is 0 Å². The summed E-state index contributed by atoms with van der Waals surface area (Å²) in [5.41, 5.74) is 1.21. The van der Waals surface area contributed by atoms with Crippen molar-refractivity contribution in [1.82, 2.24) is 10.2 Å². The van der Waals surface area contributed by atoms with Crippen LogP contribution in [0, 0.1) is 6.92 Å². The standard InChI is InChI=1S/C14H22N2O/c1-3-16(13-10-15-11-13)8-9-17-14-7-5-4-6-12(14)2/h4-7,13,15H,3,8-11H2,1-2H3. The largest absolute Gasteiger partial charge is 0.492 e. The number of ether oxygens (including phenoxy) is 1. The van der Waals surface area contributed by atoms with Crippen LogP contribution in [-0.4, -0.2) is 43.7 Å². The first-order valence-electron chi connectivity index (χ1n) is 6.44. The van der Waals surface area contributed by atoms with Crippen LogP contribution in [0.5, 0.6) is 5.75 Å². The molecule has 1 aliphatic heterocycles. The number of aryl methyl sites for hydroxylation is 1. The maximum atomic E-state index is 5.83. The first-order valence-corrected chi connectivity index (χ1v) is 6.44. The maximum absolute atomic E-state index is 5.83. The molecule has 3 nitrogen and oxygen atoms in total.